The molecule has 1 aromatic heterocycles. The van der Waals surface area contributed by atoms with Crippen molar-refractivity contribution in [1.82, 2.24) is 10.2 Å². The second-order valence-electron chi connectivity index (χ2n) is 6.65. The summed E-state index contributed by atoms with van der Waals surface area (Å²) in [6.45, 7) is -1.12. The molecule has 0 aliphatic carbocycles. The fourth-order valence-electron chi connectivity index (χ4n) is 2.58. The van der Waals surface area contributed by atoms with Crippen molar-refractivity contribution in [2.24, 2.45) is 0 Å². The topological polar surface area (TPSA) is 107 Å². The molecule has 1 amide bonds. The van der Waals surface area contributed by atoms with Crippen molar-refractivity contribution in [3.05, 3.63) is 64.8 Å². The number of sulfone groups is 1. The smallest absolute Gasteiger partial charge is 0.435 e. The van der Waals surface area contributed by atoms with Gasteiger partial charge < -0.3 is 14.8 Å². The van der Waals surface area contributed by atoms with Gasteiger partial charge in [-0.25, -0.2) is 12.8 Å². The Labute approximate surface area is 195 Å². The van der Waals surface area contributed by atoms with Crippen molar-refractivity contribution in [3.63, 3.8) is 0 Å². The number of halogens is 5. The molecule has 3 rings (SSSR count). The van der Waals surface area contributed by atoms with E-state index in [1.165, 1.54) is 36.4 Å². The highest BCUT2D eigenvalue weighted by molar-refractivity contribution is 7.90. The van der Waals surface area contributed by atoms with Crippen LogP contribution in [0.3, 0.4) is 0 Å². The van der Waals surface area contributed by atoms with E-state index in [-0.39, 0.29) is 27.1 Å². The van der Waals surface area contributed by atoms with Crippen LogP contribution in [-0.4, -0.2) is 37.6 Å². The summed E-state index contributed by atoms with van der Waals surface area (Å²) in [5.74, 6) is -1.78. The second-order valence-corrected chi connectivity index (χ2v) is 9.07. The normalized spacial score (nSPS) is 11.7. The van der Waals surface area contributed by atoms with Gasteiger partial charge in [0.2, 0.25) is 6.86 Å². The number of aromatic nitrogens is 2. The molecule has 0 radical (unpaired) electrons. The Hall–Kier alpha value is -3.45. The monoisotopic (exact) mass is 519 g/mol. The van der Waals surface area contributed by atoms with Crippen LogP contribution < -0.4 is 14.8 Å². The Kier molecular flexibility index (Phi) is 7.26. The van der Waals surface area contributed by atoms with Crippen LogP contribution in [0.5, 0.6) is 17.4 Å². The van der Waals surface area contributed by atoms with Gasteiger partial charge in [0.15, 0.2) is 15.5 Å². The molecule has 0 spiro atoms. The predicted octanol–water partition coefficient (Wildman–Crippen LogP) is 4.90. The number of hydrogen-bond donors (Lipinski definition) is 1. The van der Waals surface area contributed by atoms with E-state index in [0.717, 1.165) is 12.3 Å². The standard InChI is InChI=1S/C20H14ClF4N3O5S/c1-34(30,31)13-4-2-3-11(7-13)26-18(29)14-9-17(20(23,24)25)27-28-19(14)33-16-6-5-12(32-10-22)8-15(16)21/h2-9H,10H2,1H3,(H,26,29). The van der Waals surface area contributed by atoms with Crippen molar-refractivity contribution in [1.29, 1.82) is 0 Å². The van der Waals surface area contributed by atoms with Gasteiger partial charge in [-0.15, -0.1) is 10.2 Å². The molecule has 3 aromatic rings. The molecule has 1 N–H and O–H groups in total. The van der Waals surface area contributed by atoms with Gasteiger partial charge in [-0.3, -0.25) is 4.79 Å². The molecule has 34 heavy (non-hydrogen) atoms. The highest BCUT2D eigenvalue weighted by atomic mass is 35.5. The number of amides is 1. The second kappa shape index (κ2) is 9.81. The van der Waals surface area contributed by atoms with Crippen LogP contribution in [0, 0.1) is 0 Å². The van der Waals surface area contributed by atoms with Crippen molar-refractivity contribution in [3.8, 4) is 17.4 Å². The fraction of sp³-hybridized carbons (Fsp3) is 0.150. The number of nitrogens with one attached hydrogen (secondary N) is 1. The number of carbonyl (C=O) groups is 1. The van der Waals surface area contributed by atoms with E-state index in [2.05, 4.69) is 20.3 Å². The zero-order valence-corrected chi connectivity index (χ0v) is 18.6. The van der Waals surface area contributed by atoms with Gasteiger partial charge in [-0.2, -0.15) is 13.2 Å². The summed E-state index contributed by atoms with van der Waals surface area (Å²) in [5, 5.41) is 8.60. The number of carbonyl (C=O) groups excluding carboxylic acids is 1. The maximum atomic E-state index is 13.2. The van der Waals surface area contributed by atoms with Gasteiger partial charge in [0.25, 0.3) is 11.8 Å². The van der Waals surface area contributed by atoms with Gasteiger partial charge in [0.1, 0.15) is 17.1 Å². The van der Waals surface area contributed by atoms with E-state index in [0.29, 0.717) is 6.07 Å². The molecule has 0 aliphatic rings. The van der Waals surface area contributed by atoms with Crippen LogP contribution >= 0.6 is 11.6 Å². The molecule has 0 atom stereocenters. The van der Waals surface area contributed by atoms with Crippen LogP contribution in [-0.2, 0) is 16.0 Å². The zero-order chi connectivity index (χ0) is 25.1. The van der Waals surface area contributed by atoms with Gasteiger partial charge in [-0.1, -0.05) is 17.7 Å². The van der Waals surface area contributed by atoms with Crippen molar-refractivity contribution in [2.45, 2.75) is 11.1 Å². The van der Waals surface area contributed by atoms with Gasteiger partial charge in [-0.05, 0) is 36.4 Å². The van der Waals surface area contributed by atoms with E-state index >= 15 is 0 Å². The highest BCUT2D eigenvalue weighted by Crippen LogP contribution is 2.35. The Morgan fingerprint density at radius 1 is 1.12 bits per heavy atom. The van der Waals surface area contributed by atoms with E-state index in [1.807, 2.05) is 0 Å². The third-order valence-corrected chi connectivity index (χ3v) is 5.55. The molecule has 0 saturated heterocycles. The summed E-state index contributed by atoms with van der Waals surface area (Å²) in [4.78, 5) is 12.7. The van der Waals surface area contributed by atoms with Crippen LogP contribution in [0.4, 0.5) is 23.2 Å². The van der Waals surface area contributed by atoms with Gasteiger partial charge in [0.05, 0.1) is 9.92 Å². The number of anilines is 1. The van der Waals surface area contributed by atoms with Crippen LogP contribution in [0.25, 0.3) is 0 Å². The van der Waals surface area contributed by atoms with E-state index < -0.39 is 45.9 Å². The Balaban J connectivity index is 1.99. The number of ether oxygens (including phenoxy) is 2. The van der Waals surface area contributed by atoms with E-state index in [1.54, 1.807) is 0 Å². The minimum absolute atomic E-state index is 0.00463. The molecule has 8 nitrogen and oxygen atoms in total. The summed E-state index contributed by atoms with van der Waals surface area (Å²) in [6, 6.07) is 9.21. The Morgan fingerprint density at radius 3 is 2.47 bits per heavy atom. The molecule has 0 aliphatic heterocycles. The van der Waals surface area contributed by atoms with Gasteiger partial charge in [0, 0.05) is 18.0 Å². The number of hydrogen-bond acceptors (Lipinski definition) is 7. The SMILES string of the molecule is CS(=O)(=O)c1cccc(NC(=O)c2cc(C(F)(F)F)nnc2Oc2ccc(OCF)cc2Cl)c1. The first kappa shape index (κ1) is 25.2. The maximum Gasteiger partial charge on any atom is 0.435 e. The molecule has 0 saturated carbocycles. The predicted molar refractivity (Wildman–Crippen MR) is 113 cm³/mol. The number of nitrogens with zero attached hydrogens (tertiary/aromatic N) is 2. The first-order valence-corrected chi connectivity index (χ1v) is 11.4. The molecule has 0 unspecified atom stereocenters. The maximum absolute atomic E-state index is 13.2. The average molecular weight is 520 g/mol. The minimum atomic E-state index is -4.92. The molecule has 180 valence electrons. The minimum Gasteiger partial charge on any atom is -0.463 e. The van der Waals surface area contributed by atoms with Crippen molar-refractivity contribution < 1.29 is 40.2 Å². The van der Waals surface area contributed by atoms with E-state index in [4.69, 9.17) is 16.3 Å². The Bertz CT molecular complexity index is 1340. The Morgan fingerprint density at radius 2 is 1.85 bits per heavy atom. The number of alkyl halides is 4. The summed E-state index contributed by atoms with van der Waals surface area (Å²) < 4.78 is 85.3. The average Bonchev–Trinajstić information content (AvgIpc) is 2.75. The van der Waals surface area contributed by atoms with Crippen molar-refractivity contribution in [2.75, 3.05) is 18.4 Å². The fourth-order valence-corrected chi connectivity index (χ4v) is 3.46. The van der Waals surface area contributed by atoms with Crippen LogP contribution in [0.1, 0.15) is 16.1 Å². The summed E-state index contributed by atoms with van der Waals surface area (Å²) in [6.07, 6.45) is -3.96. The van der Waals surface area contributed by atoms with Gasteiger partial charge >= 0.3 is 6.18 Å². The summed E-state index contributed by atoms with van der Waals surface area (Å²) in [5.41, 5.74) is -2.13. The number of rotatable bonds is 7. The lowest BCUT2D eigenvalue weighted by molar-refractivity contribution is -0.141. The molecule has 2 aromatic carbocycles. The summed E-state index contributed by atoms with van der Waals surface area (Å²) >= 11 is 6.03. The lowest BCUT2D eigenvalue weighted by Gasteiger charge is -2.14. The highest BCUT2D eigenvalue weighted by Gasteiger charge is 2.35. The third kappa shape index (κ3) is 6.11. The quantitative estimate of drug-likeness (QED) is 0.442. The zero-order valence-electron chi connectivity index (χ0n) is 17.1. The lowest BCUT2D eigenvalue weighted by Crippen LogP contribution is -2.18. The van der Waals surface area contributed by atoms with Crippen LogP contribution in [0.15, 0.2) is 53.4 Å². The summed E-state index contributed by atoms with van der Waals surface area (Å²) in [7, 11) is -3.61. The largest absolute Gasteiger partial charge is 0.463 e. The lowest BCUT2D eigenvalue weighted by atomic mass is 10.2. The van der Waals surface area contributed by atoms with E-state index in [9.17, 15) is 30.8 Å². The molecule has 14 heteroatoms. The molecular formula is C20H14ClF4N3O5S. The molecule has 1 heterocycles. The van der Waals surface area contributed by atoms with Crippen LogP contribution in [0.2, 0.25) is 5.02 Å². The first-order valence-electron chi connectivity index (χ1n) is 9.11. The molecule has 0 fully saturated rings. The molecular weight excluding hydrogens is 506 g/mol. The number of benzene rings is 2. The first-order chi connectivity index (χ1) is 15.9. The molecule has 0 bridgehead atoms. The third-order valence-electron chi connectivity index (χ3n) is 4.15. The van der Waals surface area contributed by atoms with Crippen molar-refractivity contribution >= 4 is 33.0 Å².